The smallest absolute Gasteiger partial charge is 0.260 e. The van der Waals surface area contributed by atoms with Gasteiger partial charge in [-0.25, -0.2) is 0 Å². The zero-order valence-corrected chi connectivity index (χ0v) is 15.9. The Morgan fingerprint density at radius 1 is 1.31 bits per heavy atom. The van der Waals surface area contributed by atoms with Gasteiger partial charge in [-0.3, -0.25) is 9.59 Å². The van der Waals surface area contributed by atoms with E-state index in [4.69, 9.17) is 10.5 Å². The van der Waals surface area contributed by atoms with Crippen molar-refractivity contribution in [2.24, 2.45) is 11.7 Å². The van der Waals surface area contributed by atoms with Crippen LogP contribution in [0, 0.1) is 12.8 Å². The summed E-state index contributed by atoms with van der Waals surface area (Å²) in [6.45, 7) is 6.53. The van der Waals surface area contributed by atoms with Crippen molar-refractivity contribution in [3.63, 3.8) is 0 Å². The van der Waals surface area contributed by atoms with Crippen molar-refractivity contribution < 1.29 is 14.3 Å². The number of aryl methyl sites for hydroxylation is 1. The van der Waals surface area contributed by atoms with Gasteiger partial charge in [-0.15, -0.1) is 0 Å². The fourth-order valence-corrected chi connectivity index (χ4v) is 3.20. The van der Waals surface area contributed by atoms with Crippen molar-refractivity contribution in [3.05, 3.63) is 23.8 Å². The summed E-state index contributed by atoms with van der Waals surface area (Å²) in [5.41, 5.74) is 7.62. The Labute approximate surface area is 156 Å². The highest BCUT2D eigenvalue weighted by Gasteiger charge is 2.22. The fraction of sp³-hybridized carbons (Fsp3) is 0.600. The Kier molecular flexibility index (Phi) is 7.91. The quantitative estimate of drug-likeness (QED) is 0.705. The van der Waals surface area contributed by atoms with Crippen molar-refractivity contribution in [1.29, 1.82) is 0 Å². The number of hydrogen-bond acceptors (Lipinski definition) is 5. The number of piperidine rings is 1. The summed E-state index contributed by atoms with van der Waals surface area (Å²) in [5.74, 6) is 1.49. The number of hydrogen-bond donors (Lipinski definition) is 2. The topological polar surface area (TPSA) is 84.7 Å². The Morgan fingerprint density at radius 3 is 2.69 bits per heavy atom. The molecule has 6 nitrogen and oxygen atoms in total. The molecule has 1 amide bonds. The van der Waals surface area contributed by atoms with E-state index in [9.17, 15) is 9.59 Å². The number of nitrogens with one attached hydrogen (secondary N) is 1. The maximum absolute atomic E-state index is 12.4. The number of amides is 1. The number of carbonyl (C=O) groups excluding carboxylic acids is 2. The van der Waals surface area contributed by atoms with E-state index in [1.165, 1.54) is 0 Å². The molecule has 26 heavy (non-hydrogen) atoms. The monoisotopic (exact) mass is 361 g/mol. The second-order valence-corrected chi connectivity index (χ2v) is 7.05. The van der Waals surface area contributed by atoms with Crippen LogP contribution in [0.15, 0.2) is 18.2 Å². The number of ether oxygens (including phenoxy) is 1. The molecular weight excluding hydrogens is 330 g/mol. The van der Waals surface area contributed by atoms with E-state index in [0.29, 0.717) is 24.6 Å². The summed E-state index contributed by atoms with van der Waals surface area (Å²) < 4.78 is 5.70. The van der Waals surface area contributed by atoms with Crippen LogP contribution in [0.3, 0.4) is 0 Å². The van der Waals surface area contributed by atoms with Crippen LogP contribution in [0.5, 0.6) is 5.75 Å². The zero-order valence-electron chi connectivity index (χ0n) is 15.9. The average Bonchev–Trinajstić information content (AvgIpc) is 2.62. The summed E-state index contributed by atoms with van der Waals surface area (Å²) >= 11 is 0. The molecule has 1 heterocycles. The van der Waals surface area contributed by atoms with E-state index < -0.39 is 0 Å². The summed E-state index contributed by atoms with van der Waals surface area (Å²) in [6.07, 6.45) is 3.58. The third kappa shape index (κ3) is 6.33. The summed E-state index contributed by atoms with van der Waals surface area (Å²) in [4.78, 5) is 25.3. The van der Waals surface area contributed by atoms with Gasteiger partial charge < -0.3 is 20.7 Å². The van der Waals surface area contributed by atoms with E-state index in [1.807, 2.05) is 30.0 Å². The van der Waals surface area contributed by atoms with Crippen LogP contribution < -0.4 is 15.8 Å². The summed E-state index contributed by atoms with van der Waals surface area (Å²) in [6, 6.07) is 5.71. The third-order valence-electron chi connectivity index (χ3n) is 4.91. The van der Waals surface area contributed by atoms with Crippen LogP contribution in [0.25, 0.3) is 0 Å². The number of Topliss-reactive ketones (excluding diaryl/α,β-unsaturated/α-hetero) is 1. The standard InChI is InChI=1S/C20H31N3O3/c1-15-3-4-18(13-19(15)22-10-6-16(2)24)26-14-20(25)23-11-7-17(5-9-21)8-12-23/h3-4,13,17,22H,5-12,14,21H2,1-2H3. The van der Waals surface area contributed by atoms with Crippen LogP contribution in [0.1, 0.15) is 38.2 Å². The average molecular weight is 361 g/mol. The first-order valence-electron chi connectivity index (χ1n) is 9.44. The largest absolute Gasteiger partial charge is 0.484 e. The molecular formula is C20H31N3O3. The third-order valence-corrected chi connectivity index (χ3v) is 4.91. The molecule has 2 rings (SSSR count). The van der Waals surface area contributed by atoms with E-state index in [1.54, 1.807) is 6.92 Å². The van der Waals surface area contributed by atoms with E-state index in [2.05, 4.69) is 5.32 Å². The highest BCUT2D eigenvalue weighted by atomic mass is 16.5. The van der Waals surface area contributed by atoms with Crippen molar-refractivity contribution >= 4 is 17.4 Å². The molecule has 0 radical (unpaired) electrons. The molecule has 144 valence electrons. The molecule has 1 fully saturated rings. The van der Waals surface area contributed by atoms with Gasteiger partial charge in [0.05, 0.1) is 0 Å². The maximum atomic E-state index is 12.4. The normalized spacial score (nSPS) is 15.0. The number of carbonyl (C=O) groups is 2. The van der Waals surface area contributed by atoms with E-state index in [0.717, 1.165) is 50.1 Å². The Balaban J connectivity index is 1.81. The lowest BCUT2D eigenvalue weighted by Gasteiger charge is -2.31. The first-order chi connectivity index (χ1) is 12.5. The zero-order chi connectivity index (χ0) is 18.9. The molecule has 1 saturated heterocycles. The molecule has 0 atom stereocenters. The number of rotatable bonds is 9. The second-order valence-electron chi connectivity index (χ2n) is 7.05. The molecule has 1 aliphatic heterocycles. The van der Waals surface area contributed by atoms with Crippen LogP contribution in [-0.4, -0.2) is 49.4 Å². The van der Waals surface area contributed by atoms with Gasteiger partial charge in [0.2, 0.25) is 0 Å². The SMILES string of the molecule is CC(=O)CCNc1cc(OCC(=O)N2CCC(CCN)CC2)ccc1C. The lowest BCUT2D eigenvalue weighted by Crippen LogP contribution is -2.41. The highest BCUT2D eigenvalue weighted by molar-refractivity contribution is 5.78. The Hall–Kier alpha value is -2.08. The lowest BCUT2D eigenvalue weighted by atomic mass is 9.94. The highest BCUT2D eigenvalue weighted by Crippen LogP contribution is 2.23. The molecule has 1 aromatic rings. The van der Waals surface area contributed by atoms with Gasteiger partial charge in [0.1, 0.15) is 11.5 Å². The van der Waals surface area contributed by atoms with Gasteiger partial charge in [0.15, 0.2) is 6.61 Å². The van der Waals surface area contributed by atoms with Gasteiger partial charge >= 0.3 is 0 Å². The van der Waals surface area contributed by atoms with Gasteiger partial charge in [-0.1, -0.05) is 6.07 Å². The van der Waals surface area contributed by atoms with Crippen molar-refractivity contribution in [1.82, 2.24) is 4.90 Å². The summed E-state index contributed by atoms with van der Waals surface area (Å²) in [7, 11) is 0. The number of ketones is 1. The minimum absolute atomic E-state index is 0.0304. The van der Waals surface area contributed by atoms with Gasteiger partial charge in [0.25, 0.3) is 5.91 Å². The predicted molar refractivity (Wildman–Crippen MR) is 103 cm³/mol. The predicted octanol–water partition coefficient (Wildman–Crippen LogP) is 2.35. The van der Waals surface area contributed by atoms with Crippen LogP contribution in [-0.2, 0) is 9.59 Å². The van der Waals surface area contributed by atoms with Gasteiger partial charge in [-0.2, -0.15) is 0 Å². The number of nitrogens with two attached hydrogens (primary N) is 1. The molecule has 1 aliphatic rings. The van der Waals surface area contributed by atoms with Crippen molar-refractivity contribution in [2.45, 2.75) is 39.5 Å². The molecule has 6 heteroatoms. The number of nitrogens with zero attached hydrogens (tertiary/aromatic N) is 1. The van der Waals surface area contributed by atoms with E-state index >= 15 is 0 Å². The second kappa shape index (κ2) is 10.2. The lowest BCUT2D eigenvalue weighted by molar-refractivity contribution is -0.134. The molecule has 0 spiro atoms. The Bertz CT molecular complexity index is 610. The number of likely N-dealkylation sites (tertiary alicyclic amines) is 1. The molecule has 0 aliphatic carbocycles. The minimum atomic E-state index is 0.0304. The summed E-state index contributed by atoms with van der Waals surface area (Å²) in [5, 5.41) is 3.25. The minimum Gasteiger partial charge on any atom is -0.484 e. The molecule has 1 aromatic carbocycles. The molecule has 0 aromatic heterocycles. The first kappa shape index (κ1) is 20.2. The van der Waals surface area contributed by atoms with Crippen LogP contribution >= 0.6 is 0 Å². The molecule has 0 bridgehead atoms. The number of anilines is 1. The van der Waals surface area contributed by atoms with Gasteiger partial charge in [-0.05, 0) is 57.2 Å². The van der Waals surface area contributed by atoms with E-state index in [-0.39, 0.29) is 18.3 Å². The van der Waals surface area contributed by atoms with Crippen molar-refractivity contribution in [2.75, 3.05) is 38.1 Å². The van der Waals surface area contributed by atoms with Crippen LogP contribution in [0.4, 0.5) is 5.69 Å². The molecule has 0 saturated carbocycles. The molecule has 3 N–H and O–H groups in total. The van der Waals surface area contributed by atoms with Gasteiger partial charge in [0, 0.05) is 37.8 Å². The van der Waals surface area contributed by atoms with Crippen LogP contribution in [0.2, 0.25) is 0 Å². The van der Waals surface area contributed by atoms with Crippen molar-refractivity contribution in [3.8, 4) is 5.75 Å². The Morgan fingerprint density at radius 2 is 2.04 bits per heavy atom. The number of benzene rings is 1. The maximum Gasteiger partial charge on any atom is 0.260 e. The first-order valence-corrected chi connectivity index (χ1v) is 9.44. The molecule has 0 unspecified atom stereocenters. The fourth-order valence-electron chi connectivity index (χ4n) is 3.20.